The highest BCUT2D eigenvalue weighted by Gasteiger charge is 2.37. The maximum Gasteiger partial charge on any atom is 0.143 e. The number of aromatic nitrogens is 3. The SMILES string of the molecule is C#CC[C@]1(C)COCCN1c1cc(C(C)(C)C#N)c(C=N)c(Nc2ccn[nH]2)n1. The zero-order valence-corrected chi connectivity index (χ0v) is 16.9. The minimum atomic E-state index is -0.816. The van der Waals surface area contributed by atoms with Crippen molar-refractivity contribution in [1.29, 1.82) is 10.7 Å². The molecule has 2 aromatic rings. The highest BCUT2D eigenvalue weighted by molar-refractivity contribution is 5.89. The molecule has 0 radical (unpaired) electrons. The summed E-state index contributed by atoms with van der Waals surface area (Å²) in [6.07, 6.45) is 8.98. The second-order valence-corrected chi connectivity index (χ2v) is 7.85. The molecule has 0 aromatic carbocycles. The Balaban J connectivity index is 2.19. The third kappa shape index (κ3) is 3.94. The standard InChI is InChI=1S/C21H25N7O/c1-5-7-21(4)14-29-10-9-28(21)18-11-16(20(2,3)13-23)15(12-22)19(26-18)25-17-6-8-24-27-17/h1,6,8,11-12,22H,7,9-10,14H2,2-4H3,(H2,24,25,26,27)/t21-/m1/s1. The van der Waals surface area contributed by atoms with Crippen LogP contribution in [0.25, 0.3) is 0 Å². The summed E-state index contributed by atoms with van der Waals surface area (Å²) in [6, 6.07) is 6.00. The Kier molecular flexibility index (Phi) is 5.58. The number of hydrogen-bond acceptors (Lipinski definition) is 7. The summed E-state index contributed by atoms with van der Waals surface area (Å²) < 4.78 is 5.69. The Morgan fingerprint density at radius 1 is 1.55 bits per heavy atom. The van der Waals surface area contributed by atoms with Crippen LogP contribution in [-0.2, 0) is 10.2 Å². The molecule has 0 aliphatic carbocycles. The maximum absolute atomic E-state index is 9.76. The summed E-state index contributed by atoms with van der Waals surface area (Å²) >= 11 is 0. The van der Waals surface area contributed by atoms with Gasteiger partial charge in [0, 0.05) is 30.8 Å². The van der Waals surface area contributed by atoms with Crippen LogP contribution in [0.4, 0.5) is 17.5 Å². The van der Waals surface area contributed by atoms with E-state index in [2.05, 4.69) is 39.3 Å². The van der Waals surface area contributed by atoms with Gasteiger partial charge in [-0.1, -0.05) is 0 Å². The predicted octanol–water partition coefficient (Wildman–Crippen LogP) is 2.97. The Morgan fingerprint density at radius 2 is 2.34 bits per heavy atom. The molecule has 3 N–H and O–H groups in total. The molecule has 1 fully saturated rings. The highest BCUT2D eigenvalue weighted by atomic mass is 16.5. The van der Waals surface area contributed by atoms with Crippen LogP contribution in [0.3, 0.4) is 0 Å². The number of aromatic amines is 1. The Hall–Kier alpha value is -3.36. The maximum atomic E-state index is 9.76. The van der Waals surface area contributed by atoms with Crippen molar-refractivity contribution >= 4 is 23.7 Å². The number of anilines is 3. The molecule has 0 unspecified atom stereocenters. The van der Waals surface area contributed by atoms with Crippen molar-refractivity contribution < 1.29 is 4.74 Å². The van der Waals surface area contributed by atoms with Gasteiger partial charge in [-0.2, -0.15) is 10.4 Å². The minimum Gasteiger partial charge on any atom is -0.377 e. The number of ether oxygens (including phenoxy) is 1. The van der Waals surface area contributed by atoms with E-state index in [1.165, 1.54) is 6.21 Å². The molecule has 150 valence electrons. The van der Waals surface area contributed by atoms with Crippen LogP contribution in [0.5, 0.6) is 0 Å². The average Bonchev–Trinajstić information content (AvgIpc) is 3.21. The Bertz CT molecular complexity index is 968. The van der Waals surface area contributed by atoms with Gasteiger partial charge in [0.15, 0.2) is 0 Å². The molecule has 8 nitrogen and oxygen atoms in total. The van der Waals surface area contributed by atoms with Crippen LogP contribution >= 0.6 is 0 Å². The van der Waals surface area contributed by atoms with Gasteiger partial charge in [0.25, 0.3) is 0 Å². The lowest BCUT2D eigenvalue weighted by Crippen LogP contribution is -2.55. The van der Waals surface area contributed by atoms with Gasteiger partial charge in [-0.05, 0) is 32.4 Å². The summed E-state index contributed by atoms with van der Waals surface area (Å²) in [4.78, 5) is 6.95. The molecule has 3 rings (SSSR count). The minimum absolute atomic E-state index is 0.411. The van der Waals surface area contributed by atoms with Crippen LogP contribution in [0.15, 0.2) is 18.3 Å². The van der Waals surface area contributed by atoms with E-state index in [1.54, 1.807) is 12.3 Å². The third-order valence-electron chi connectivity index (χ3n) is 5.18. The van der Waals surface area contributed by atoms with Crippen molar-refractivity contribution in [3.05, 3.63) is 29.5 Å². The normalized spacial score (nSPS) is 19.3. The fraction of sp³-hybridized carbons (Fsp3) is 0.429. The largest absolute Gasteiger partial charge is 0.377 e. The molecule has 1 aliphatic heterocycles. The summed E-state index contributed by atoms with van der Waals surface area (Å²) in [5, 5.41) is 27.7. The Labute approximate surface area is 170 Å². The molecule has 1 aliphatic rings. The molecule has 0 saturated carbocycles. The smallest absolute Gasteiger partial charge is 0.143 e. The van der Waals surface area contributed by atoms with Gasteiger partial charge in [-0.3, -0.25) is 5.10 Å². The van der Waals surface area contributed by atoms with Crippen LogP contribution < -0.4 is 10.2 Å². The number of hydrogen-bond donors (Lipinski definition) is 3. The van der Waals surface area contributed by atoms with Gasteiger partial charge in [-0.25, -0.2) is 4.98 Å². The summed E-state index contributed by atoms with van der Waals surface area (Å²) in [5.74, 6) is 4.56. The molecule has 0 amide bonds. The molecule has 0 bridgehead atoms. The summed E-state index contributed by atoms with van der Waals surface area (Å²) in [5.41, 5.74) is 0.0494. The van der Waals surface area contributed by atoms with Gasteiger partial charge >= 0.3 is 0 Å². The number of rotatable bonds is 6. The summed E-state index contributed by atoms with van der Waals surface area (Å²) in [6.45, 7) is 7.40. The number of nitriles is 1. The van der Waals surface area contributed by atoms with Gasteiger partial charge in [-0.15, -0.1) is 12.3 Å². The van der Waals surface area contributed by atoms with E-state index in [1.807, 2.05) is 19.9 Å². The van der Waals surface area contributed by atoms with Crippen molar-refractivity contribution in [3.63, 3.8) is 0 Å². The van der Waals surface area contributed by atoms with Crippen molar-refractivity contribution in [3.8, 4) is 18.4 Å². The van der Waals surface area contributed by atoms with Crippen molar-refractivity contribution in [1.82, 2.24) is 15.2 Å². The van der Waals surface area contributed by atoms with E-state index in [0.717, 1.165) is 5.56 Å². The van der Waals surface area contributed by atoms with Gasteiger partial charge in [0.2, 0.25) is 0 Å². The van der Waals surface area contributed by atoms with Gasteiger partial charge in [0.1, 0.15) is 17.5 Å². The number of H-pyrrole nitrogens is 1. The molecular weight excluding hydrogens is 366 g/mol. The third-order valence-corrected chi connectivity index (χ3v) is 5.18. The van der Waals surface area contributed by atoms with Crippen molar-refractivity contribution in [2.24, 2.45) is 0 Å². The number of pyridine rings is 1. The second kappa shape index (κ2) is 7.94. The fourth-order valence-corrected chi connectivity index (χ4v) is 3.50. The van der Waals surface area contributed by atoms with Gasteiger partial charge in [0.05, 0.1) is 36.4 Å². The zero-order valence-electron chi connectivity index (χ0n) is 16.9. The molecule has 2 aromatic heterocycles. The van der Waals surface area contributed by atoms with Crippen LogP contribution in [-0.4, -0.2) is 46.7 Å². The predicted molar refractivity (Wildman–Crippen MR) is 113 cm³/mol. The second-order valence-electron chi connectivity index (χ2n) is 7.85. The zero-order chi connectivity index (χ0) is 21.1. The molecular formula is C21H25N7O. The van der Waals surface area contributed by atoms with Crippen molar-refractivity contribution in [2.75, 3.05) is 30.0 Å². The topological polar surface area (TPSA) is 114 Å². The first-order valence-corrected chi connectivity index (χ1v) is 9.37. The van der Waals surface area contributed by atoms with Crippen LogP contribution in [0, 0.1) is 29.1 Å². The monoisotopic (exact) mass is 391 g/mol. The fourth-order valence-electron chi connectivity index (χ4n) is 3.50. The van der Waals surface area contributed by atoms with E-state index in [0.29, 0.717) is 49.2 Å². The molecule has 1 atom stereocenters. The van der Waals surface area contributed by atoms with E-state index in [-0.39, 0.29) is 0 Å². The summed E-state index contributed by atoms with van der Waals surface area (Å²) in [7, 11) is 0. The number of terminal acetylenes is 1. The molecule has 0 spiro atoms. The molecule has 8 heteroatoms. The van der Waals surface area contributed by atoms with E-state index >= 15 is 0 Å². The molecule has 3 heterocycles. The quantitative estimate of drug-likeness (QED) is 0.515. The van der Waals surface area contributed by atoms with E-state index in [9.17, 15) is 5.26 Å². The van der Waals surface area contributed by atoms with Crippen LogP contribution in [0.2, 0.25) is 0 Å². The number of nitrogens with one attached hydrogen (secondary N) is 3. The first-order valence-electron chi connectivity index (χ1n) is 9.37. The Morgan fingerprint density at radius 3 is 2.97 bits per heavy atom. The number of morpholine rings is 1. The van der Waals surface area contributed by atoms with E-state index < -0.39 is 11.0 Å². The average molecular weight is 391 g/mol. The highest BCUT2D eigenvalue weighted by Crippen LogP contribution is 2.36. The lowest BCUT2D eigenvalue weighted by molar-refractivity contribution is 0.0585. The van der Waals surface area contributed by atoms with Gasteiger partial charge < -0.3 is 20.4 Å². The van der Waals surface area contributed by atoms with Crippen molar-refractivity contribution in [2.45, 2.75) is 38.1 Å². The first-order chi connectivity index (χ1) is 13.8. The molecule has 1 saturated heterocycles. The first kappa shape index (κ1) is 20.4. The van der Waals surface area contributed by atoms with E-state index in [4.69, 9.17) is 21.6 Å². The lowest BCUT2D eigenvalue weighted by Gasteiger charge is -2.45. The number of nitrogens with zero attached hydrogens (tertiary/aromatic N) is 4. The lowest BCUT2D eigenvalue weighted by atomic mass is 9.83. The molecule has 29 heavy (non-hydrogen) atoms. The van der Waals surface area contributed by atoms with Crippen LogP contribution in [0.1, 0.15) is 38.3 Å².